The number of hydrogen-bond acceptors (Lipinski definition) is 4. The van der Waals surface area contributed by atoms with Crippen molar-refractivity contribution in [3.63, 3.8) is 0 Å². The predicted molar refractivity (Wildman–Crippen MR) is 71.7 cm³/mol. The SMILES string of the molecule is CC(C)Nc1cc(OCCCN(C)C)ccn1. The van der Waals surface area contributed by atoms with Gasteiger partial charge in [-0.2, -0.15) is 0 Å². The molecule has 0 bridgehead atoms. The Bertz CT molecular complexity index is 326. The minimum absolute atomic E-state index is 0.381. The van der Waals surface area contributed by atoms with E-state index in [2.05, 4.69) is 43.1 Å². The van der Waals surface area contributed by atoms with Crippen molar-refractivity contribution in [1.82, 2.24) is 9.88 Å². The standard InChI is InChI=1S/C13H23N3O/c1-11(2)15-13-10-12(6-7-14-13)17-9-5-8-16(3)4/h6-7,10-11H,5,8-9H2,1-4H3,(H,14,15). The average Bonchev–Trinajstić information content (AvgIpc) is 2.24. The van der Waals surface area contributed by atoms with Crippen LogP contribution in [-0.2, 0) is 0 Å². The normalized spacial score (nSPS) is 10.9. The van der Waals surface area contributed by atoms with Crippen molar-refractivity contribution in [2.75, 3.05) is 32.6 Å². The summed E-state index contributed by atoms with van der Waals surface area (Å²) < 4.78 is 5.67. The van der Waals surface area contributed by atoms with E-state index >= 15 is 0 Å². The number of anilines is 1. The van der Waals surface area contributed by atoms with Gasteiger partial charge in [0.25, 0.3) is 0 Å². The highest BCUT2D eigenvalue weighted by atomic mass is 16.5. The zero-order valence-electron chi connectivity index (χ0n) is 11.2. The number of ether oxygens (including phenoxy) is 1. The van der Waals surface area contributed by atoms with Crippen molar-refractivity contribution in [2.45, 2.75) is 26.3 Å². The van der Waals surface area contributed by atoms with Crippen LogP contribution in [0, 0.1) is 0 Å². The average molecular weight is 237 g/mol. The van der Waals surface area contributed by atoms with Crippen LogP contribution in [0.2, 0.25) is 0 Å². The molecule has 0 amide bonds. The summed E-state index contributed by atoms with van der Waals surface area (Å²) >= 11 is 0. The number of hydrogen-bond donors (Lipinski definition) is 1. The van der Waals surface area contributed by atoms with Crippen LogP contribution in [-0.4, -0.2) is 43.2 Å². The highest BCUT2D eigenvalue weighted by Crippen LogP contribution is 2.15. The van der Waals surface area contributed by atoms with E-state index in [0.29, 0.717) is 6.04 Å². The fraction of sp³-hybridized carbons (Fsp3) is 0.615. The van der Waals surface area contributed by atoms with Gasteiger partial charge in [0.1, 0.15) is 11.6 Å². The van der Waals surface area contributed by atoms with Crippen LogP contribution < -0.4 is 10.1 Å². The maximum atomic E-state index is 5.67. The molecule has 4 heteroatoms. The third-order valence-corrected chi connectivity index (χ3v) is 2.19. The van der Waals surface area contributed by atoms with Crippen molar-refractivity contribution in [1.29, 1.82) is 0 Å². The molecule has 1 heterocycles. The van der Waals surface area contributed by atoms with Crippen LogP contribution in [0.15, 0.2) is 18.3 Å². The third-order valence-electron chi connectivity index (χ3n) is 2.19. The lowest BCUT2D eigenvalue weighted by atomic mass is 10.3. The summed E-state index contributed by atoms with van der Waals surface area (Å²) in [5.41, 5.74) is 0. The van der Waals surface area contributed by atoms with Crippen LogP contribution in [0.5, 0.6) is 5.75 Å². The molecule has 1 aromatic heterocycles. The number of rotatable bonds is 7. The van der Waals surface area contributed by atoms with E-state index in [9.17, 15) is 0 Å². The summed E-state index contributed by atoms with van der Waals surface area (Å²) in [7, 11) is 4.13. The largest absolute Gasteiger partial charge is 0.493 e. The Labute approximate surface area is 104 Å². The molecule has 0 aliphatic carbocycles. The van der Waals surface area contributed by atoms with Gasteiger partial charge in [0, 0.05) is 24.8 Å². The third kappa shape index (κ3) is 6.12. The smallest absolute Gasteiger partial charge is 0.129 e. The Hall–Kier alpha value is -1.29. The summed E-state index contributed by atoms with van der Waals surface area (Å²) in [5.74, 6) is 1.74. The lowest BCUT2D eigenvalue weighted by Gasteiger charge is -2.12. The number of aromatic nitrogens is 1. The lowest BCUT2D eigenvalue weighted by molar-refractivity contribution is 0.281. The van der Waals surface area contributed by atoms with Gasteiger partial charge in [0.2, 0.25) is 0 Å². The Kier molecular flexibility index (Phi) is 5.77. The van der Waals surface area contributed by atoms with Gasteiger partial charge in [-0.15, -0.1) is 0 Å². The van der Waals surface area contributed by atoms with Crippen LogP contribution in [0.4, 0.5) is 5.82 Å². The molecule has 0 atom stereocenters. The topological polar surface area (TPSA) is 37.4 Å². The second kappa shape index (κ2) is 7.12. The molecular formula is C13H23N3O. The van der Waals surface area contributed by atoms with Gasteiger partial charge in [0.05, 0.1) is 6.61 Å². The first-order valence-electron chi connectivity index (χ1n) is 6.08. The van der Waals surface area contributed by atoms with E-state index in [0.717, 1.165) is 31.1 Å². The van der Waals surface area contributed by atoms with Crippen LogP contribution in [0.1, 0.15) is 20.3 Å². The second-order valence-electron chi connectivity index (χ2n) is 4.68. The van der Waals surface area contributed by atoms with E-state index in [-0.39, 0.29) is 0 Å². The van der Waals surface area contributed by atoms with Crippen molar-refractivity contribution < 1.29 is 4.74 Å². The Morgan fingerprint density at radius 3 is 2.82 bits per heavy atom. The van der Waals surface area contributed by atoms with E-state index in [1.807, 2.05) is 12.1 Å². The van der Waals surface area contributed by atoms with Crippen molar-refractivity contribution in [2.24, 2.45) is 0 Å². The first-order chi connectivity index (χ1) is 8.08. The van der Waals surface area contributed by atoms with Crippen molar-refractivity contribution in [3.8, 4) is 5.75 Å². The molecule has 1 aromatic rings. The Balaban J connectivity index is 2.37. The van der Waals surface area contributed by atoms with Crippen molar-refractivity contribution >= 4 is 5.82 Å². The van der Waals surface area contributed by atoms with E-state index in [1.165, 1.54) is 0 Å². The summed E-state index contributed by atoms with van der Waals surface area (Å²) in [4.78, 5) is 6.39. The van der Waals surface area contributed by atoms with Gasteiger partial charge in [-0.25, -0.2) is 4.98 Å². The fourth-order valence-corrected chi connectivity index (χ4v) is 1.45. The van der Waals surface area contributed by atoms with E-state index in [1.54, 1.807) is 6.20 Å². The molecule has 0 aliphatic heterocycles. The first kappa shape index (κ1) is 13.8. The van der Waals surface area contributed by atoms with Crippen LogP contribution in [0.25, 0.3) is 0 Å². The molecule has 17 heavy (non-hydrogen) atoms. The maximum absolute atomic E-state index is 5.67. The molecule has 96 valence electrons. The van der Waals surface area contributed by atoms with E-state index < -0.39 is 0 Å². The molecule has 0 fully saturated rings. The molecule has 4 nitrogen and oxygen atoms in total. The second-order valence-corrected chi connectivity index (χ2v) is 4.68. The Morgan fingerprint density at radius 1 is 1.41 bits per heavy atom. The zero-order valence-corrected chi connectivity index (χ0v) is 11.2. The van der Waals surface area contributed by atoms with E-state index in [4.69, 9.17) is 4.74 Å². The molecule has 0 saturated heterocycles. The molecule has 1 rings (SSSR count). The van der Waals surface area contributed by atoms with Crippen LogP contribution in [0.3, 0.4) is 0 Å². The number of nitrogens with zero attached hydrogens (tertiary/aromatic N) is 2. The van der Waals surface area contributed by atoms with Gasteiger partial charge in [-0.05, 0) is 40.4 Å². The molecule has 1 N–H and O–H groups in total. The summed E-state index contributed by atoms with van der Waals surface area (Å²) in [6.07, 6.45) is 2.80. The quantitative estimate of drug-likeness (QED) is 0.738. The summed E-state index contributed by atoms with van der Waals surface area (Å²) in [6, 6.07) is 4.21. The highest BCUT2D eigenvalue weighted by Gasteiger charge is 2.00. The molecule has 0 spiro atoms. The van der Waals surface area contributed by atoms with Gasteiger partial charge < -0.3 is 15.0 Å². The predicted octanol–water partition coefficient (Wildman–Crippen LogP) is 2.23. The Morgan fingerprint density at radius 2 is 2.18 bits per heavy atom. The zero-order chi connectivity index (χ0) is 12.7. The van der Waals surface area contributed by atoms with Crippen molar-refractivity contribution in [3.05, 3.63) is 18.3 Å². The summed E-state index contributed by atoms with van der Waals surface area (Å²) in [5, 5.41) is 3.25. The lowest BCUT2D eigenvalue weighted by Crippen LogP contribution is -2.15. The molecule has 0 unspecified atom stereocenters. The minimum atomic E-state index is 0.381. The van der Waals surface area contributed by atoms with Crippen LogP contribution >= 0.6 is 0 Å². The highest BCUT2D eigenvalue weighted by molar-refractivity contribution is 5.41. The number of nitrogens with one attached hydrogen (secondary N) is 1. The van der Waals surface area contributed by atoms with Gasteiger partial charge in [0.15, 0.2) is 0 Å². The van der Waals surface area contributed by atoms with Gasteiger partial charge in [-0.3, -0.25) is 0 Å². The molecule has 0 aliphatic rings. The summed E-state index contributed by atoms with van der Waals surface area (Å²) in [6.45, 7) is 5.96. The monoisotopic (exact) mass is 237 g/mol. The first-order valence-corrected chi connectivity index (χ1v) is 6.08. The van der Waals surface area contributed by atoms with Gasteiger partial charge in [-0.1, -0.05) is 0 Å². The van der Waals surface area contributed by atoms with Gasteiger partial charge >= 0.3 is 0 Å². The molecule has 0 aromatic carbocycles. The minimum Gasteiger partial charge on any atom is -0.493 e. The molecule has 0 radical (unpaired) electrons. The maximum Gasteiger partial charge on any atom is 0.129 e. The number of pyridine rings is 1. The molecular weight excluding hydrogens is 214 g/mol. The fourth-order valence-electron chi connectivity index (χ4n) is 1.45. The molecule has 0 saturated carbocycles.